The average Bonchev–Trinajstić information content (AvgIpc) is 2.59. The normalized spacial score (nSPS) is 10.4. The van der Waals surface area contributed by atoms with Crippen molar-refractivity contribution in [3.63, 3.8) is 0 Å². The van der Waals surface area contributed by atoms with Crippen LogP contribution in [0.1, 0.15) is 137 Å². The van der Waals surface area contributed by atoms with Gasteiger partial charge in [0.05, 0.1) is 6.10 Å². The minimum absolute atomic E-state index is 0.0280. The second kappa shape index (κ2) is 23.2. The van der Waals surface area contributed by atoms with Gasteiger partial charge in [-0.1, -0.05) is 90.9 Å². The van der Waals surface area contributed by atoms with Crippen LogP contribution in [-0.4, -0.2) is 17.9 Å². The fraction of sp³-hybridized carbons (Fsp3) is 0.917. The lowest BCUT2D eigenvalue weighted by Gasteiger charge is -2.07. The highest BCUT2D eigenvalue weighted by Gasteiger charge is 2.04. The van der Waals surface area contributed by atoms with Crippen LogP contribution < -0.4 is 0 Å². The molecule has 0 bridgehead atoms. The molecule has 0 saturated carbocycles. The van der Waals surface area contributed by atoms with Crippen molar-refractivity contribution in [2.75, 3.05) is 0 Å². The van der Waals surface area contributed by atoms with Crippen molar-refractivity contribution in [1.82, 2.24) is 0 Å². The monoisotopic (exact) mass is 384 g/mol. The Balaban J connectivity index is 0. The number of ketones is 1. The van der Waals surface area contributed by atoms with Gasteiger partial charge in [-0.25, -0.2) is 0 Å². The fourth-order valence-corrected chi connectivity index (χ4v) is 2.88. The third-order valence-electron chi connectivity index (χ3n) is 4.48. The number of hydrogen-bond acceptors (Lipinski definition) is 3. The van der Waals surface area contributed by atoms with E-state index in [1.165, 1.54) is 77.0 Å². The molecular weight excluding hydrogens is 336 g/mol. The minimum atomic E-state index is -0.0362. The summed E-state index contributed by atoms with van der Waals surface area (Å²) in [6, 6.07) is 0. The molecule has 0 rings (SSSR count). The molecule has 0 aromatic rings. The highest BCUT2D eigenvalue weighted by atomic mass is 16.5. The van der Waals surface area contributed by atoms with E-state index in [0.717, 1.165) is 19.3 Å². The van der Waals surface area contributed by atoms with Crippen molar-refractivity contribution in [2.24, 2.45) is 0 Å². The molecular formula is C24H48O3. The van der Waals surface area contributed by atoms with Crippen molar-refractivity contribution in [2.45, 2.75) is 143 Å². The van der Waals surface area contributed by atoms with Gasteiger partial charge in [-0.2, -0.15) is 0 Å². The number of carbonyl (C=O) groups excluding carboxylic acids is 2. The van der Waals surface area contributed by atoms with E-state index in [2.05, 4.69) is 13.8 Å². The van der Waals surface area contributed by atoms with Crippen LogP contribution in [0.15, 0.2) is 0 Å². The molecule has 3 heteroatoms. The Labute approximate surface area is 170 Å². The van der Waals surface area contributed by atoms with Gasteiger partial charge in [-0.05, 0) is 33.6 Å². The fourth-order valence-electron chi connectivity index (χ4n) is 2.88. The van der Waals surface area contributed by atoms with Gasteiger partial charge < -0.3 is 9.53 Å². The van der Waals surface area contributed by atoms with Gasteiger partial charge in [0.15, 0.2) is 0 Å². The smallest absolute Gasteiger partial charge is 0.306 e. The summed E-state index contributed by atoms with van der Waals surface area (Å²) in [4.78, 5) is 21.6. The van der Waals surface area contributed by atoms with E-state index in [1.54, 1.807) is 6.92 Å². The van der Waals surface area contributed by atoms with E-state index < -0.39 is 0 Å². The van der Waals surface area contributed by atoms with Gasteiger partial charge in [0, 0.05) is 12.8 Å². The SMILES string of the molecule is CCCCCC(C)=O.CCCCCCCCCCCCCC(=O)OC(C)C. The molecule has 0 heterocycles. The van der Waals surface area contributed by atoms with Crippen molar-refractivity contribution >= 4 is 11.8 Å². The predicted octanol–water partition coefficient (Wildman–Crippen LogP) is 7.79. The summed E-state index contributed by atoms with van der Waals surface area (Å²) in [5, 5.41) is 0. The lowest BCUT2D eigenvalue weighted by atomic mass is 10.1. The minimum Gasteiger partial charge on any atom is -0.463 e. The maximum absolute atomic E-state index is 11.3. The molecule has 0 N–H and O–H groups in total. The van der Waals surface area contributed by atoms with Crippen LogP contribution in [0.3, 0.4) is 0 Å². The van der Waals surface area contributed by atoms with E-state index >= 15 is 0 Å². The number of esters is 1. The molecule has 0 saturated heterocycles. The van der Waals surface area contributed by atoms with Crippen LogP contribution in [0, 0.1) is 0 Å². The highest BCUT2D eigenvalue weighted by molar-refractivity contribution is 5.75. The molecule has 162 valence electrons. The lowest BCUT2D eigenvalue weighted by molar-refractivity contribution is -0.147. The number of carbonyl (C=O) groups is 2. The third kappa shape index (κ3) is 30.1. The number of rotatable bonds is 17. The molecule has 0 radical (unpaired) electrons. The van der Waals surface area contributed by atoms with E-state index in [9.17, 15) is 9.59 Å². The standard InChI is InChI=1S/C17H34O2.C7H14O/c1-4-5-6-7-8-9-10-11-12-13-14-15-17(18)19-16(2)3;1-3-4-5-6-7(2)8/h16H,4-15H2,1-3H3;3-6H2,1-2H3. The van der Waals surface area contributed by atoms with Crippen LogP contribution in [0.25, 0.3) is 0 Å². The molecule has 3 nitrogen and oxygen atoms in total. The van der Waals surface area contributed by atoms with Crippen LogP contribution in [-0.2, 0) is 14.3 Å². The Hall–Kier alpha value is -0.860. The van der Waals surface area contributed by atoms with E-state index in [4.69, 9.17) is 4.74 Å². The molecule has 0 spiro atoms. The first kappa shape index (κ1) is 28.4. The van der Waals surface area contributed by atoms with E-state index in [0.29, 0.717) is 12.2 Å². The Morgan fingerprint density at radius 3 is 1.41 bits per heavy atom. The molecule has 0 aromatic heterocycles. The molecule has 0 aromatic carbocycles. The first-order valence-electron chi connectivity index (χ1n) is 11.6. The maximum atomic E-state index is 11.3. The maximum Gasteiger partial charge on any atom is 0.306 e. The molecule has 0 aliphatic carbocycles. The second-order valence-corrected chi connectivity index (χ2v) is 7.98. The summed E-state index contributed by atoms with van der Waals surface area (Å²) in [6.45, 7) is 9.85. The molecule has 0 fully saturated rings. The Morgan fingerprint density at radius 1 is 0.630 bits per heavy atom. The summed E-state index contributed by atoms with van der Waals surface area (Å²) in [5.41, 5.74) is 0. The quantitative estimate of drug-likeness (QED) is 0.190. The Bertz CT molecular complexity index is 324. The molecule has 0 aliphatic rings. The zero-order chi connectivity index (χ0) is 20.8. The summed E-state index contributed by atoms with van der Waals surface area (Å²) in [5.74, 6) is 0.282. The first-order chi connectivity index (χ1) is 12.9. The van der Waals surface area contributed by atoms with Gasteiger partial charge in [-0.15, -0.1) is 0 Å². The molecule has 0 atom stereocenters. The molecule has 0 amide bonds. The van der Waals surface area contributed by atoms with E-state index in [-0.39, 0.29) is 12.1 Å². The van der Waals surface area contributed by atoms with Crippen molar-refractivity contribution in [3.05, 3.63) is 0 Å². The zero-order valence-electron chi connectivity index (χ0n) is 19.1. The van der Waals surface area contributed by atoms with Gasteiger partial charge >= 0.3 is 5.97 Å². The van der Waals surface area contributed by atoms with Gasteiger partial charge in [0.1, 0.15) is 5.78 Å². The van der Waals surface area contributed by atoms with Crippen molar-refractivity contribution in [1.29, 1.82) is 0 Å². The van der Waals surface area contributed by atoms with E-state index in [1.807, 2.05) is 13.8 Å². The predicted molar refractivity (Wildman–Crippen MR) is 117 cm³/mol. The summed E-state index contributed by atoms with van der Waals surface area (Å²) < 4.78 is 5.10. The van der Waals surface area contributed by atoms with Crippen molar-refractivity contribution in [3.8, 4) is 0 Å². The van der Waals surface area contributed by atoms with Crippen LogP contribution in [0.5, 0.6) is 0 Å². The largest absolute Gasteiger partial charge is 0.463 e. The lowest BCUT2D eigenvalue weighted by Crippen LogP contribution is -2.10. The number of Topliss-reactive ketones (excluding diaryl/α,β-unsaturated/α-hetero) is 1. The molecule has 0 unspecified atom stereocenters. The number of ether oxygens (including phenoxy) is 1. The van der Waals surface area contributed by atoms with Crippen LogP contribution in [0.2, 0.25) is 0 Å². The van der Waals surface area contributed by atoms with Crippen molar-refractivity contribution < 1.29 is 14.3 Å². The van der Waals surface area contributed by atoms with Crippen LogP contribution in [0.4, 0.5) is 0 Å². The van der Waals surface area contributed by atoms with Gasteiger partial charge in [-0.3, -0.25) is 4.79 Å². The Morgan fingerprint density at radius 2 is 1.00 bits per heavy atom. The number of hydrogen-bond donors (Lipinski definition) is 0. The third-order valence-corrected chi connectivity index (χ3v) is 4.48. The molecule has 27 heavy (non-hydrogen) atoms. The highest BCUT2D eigenvalue weighted by Crippen LogP contribution is 2.12. The summed E-state index contributed by atoms with van der Waals surface area (Å²) in [6.07, 6.45) is 19.3. The van der Waals surface area contributed by atoms with Gasteiger partial charge in [0.25, 0.3) is 0 Å². The van der Waals surface area contributed by atoms with Crippen LogP contribution >= 0.6 is 0 Å². The Kier molecular flexibility index (Phi) is 24.3. The second-order valence-electron chi connectivity index (χ2n) is 7.98. The molecule has 0 aliphatic heterocycles. The topological polar surface area (TPSA) is 43.4 Å². The average molecular weight is 385 g/mol. The zero-order valence-corrected chi connectivity index (χ0v) is 19.1. The number of unbranched alkanes of at least 4 members (excludes halogenated alkanes) is 12. The summed E-state index contributed by atoms with van der Waals surface area (Å²) >= 11 is 0. The summed E-state index contributed by atoms with van der Waals surface area (Å²) in [7, 11) is 0. The first-order valence-corrected chi connectivity index (χ1v) is 11.6. The van der Waals surface area contributed by atoms with Gasteiger partial charge in [0.2, 0.25) is 0 Å².